The number of nitrogens with one attached hydrogen (secondary N) is 1. The van der Waals surface area contributed by atoms with Crippen molar-refractivity contribution in [2.45, 2.75) is 13.0 Å². The van der Waals surface area contributed by atoms with Crippen molar-refractivity contribution in [3.05, 3.63) is 107 Å². The molecule has 4 nitrogen and oxygen atoms in total. The van der Waals surface area contributed by atoms with Crippen LogP contribution in [0.25, 0.3) is 5.65 Å². The van der Waals surface area contributed by atoms with Crippen molar-refractivity contribution >= 4 is 23.2 Å². The maximum atomic E-state index is 13.2. The third-order valence-electron chi connectivity index (χ3n) is 4.51. The number of rotatable bonds is 4. The third kappa shape index (κ3) is 3.44. The van der Waals surface area contributed by atoms with Gasteiger partial charge in [0.15, 0.2) is 0 Å². The van der Waals surface area contributed by atoms with Crippen molar-refractivity contribution in [1.82, 2.24) is 14.7 Å². The Morgan fingerprint density at radius 3 is 2.15 bits per heavy atom. The van der Waals surface area contributed by atoms with Crippen molar-refractivity contribution in [2.75, 3.05) is 0 Å². The summed E-state index contributed by atoms with van der Waals surface area (Å²) >= 11 is 6.12. The quantitative estimate of drug-likeness (QED) is 0.556. The van der Waals surface area contributed by atoms with Crippen molar-refractivity contribution in [2.24, 2.45) is 0 Å². The fraction of sp³-hybridized carbons (Fsp3) is 0.0909. The van der Waals surface area contributed by atoms with E-state index in [2.05, 4.69) is 10.3 Å². The molecule has 0 fully saturated rings. The first-order chi connectivity index (χ1) is 13.1. The summed E-state index contributed by atoms with van der Waals surface area (Å²) < 4.78 is 1.74. The highest BCUT2D eigenvalue weighted by Crippen LogP contribution is 2.23. The molecular weight excluding hydrogens is 358 g/mol. The van der Waals surface area contributed by atoms with Crippen LogP contribution in [-0.4, -0.2) is 15.3 Å². The van der Waals surface area contributed by atoms with E-state index in [9.17, 15) is 4.79 Å². The normalized spacial score (nSPS) is 11.1. The molecule has 134 valence electrons. The SMILES string of the molecule is Cc1nc2ccc(Cl)cn2c1C(=O)NC(c1ccccc1)c1ccccc1. The lowest BCUT2D eigenvalue weighted by Crippen LogP contribution is -2.30. The summed E-state index contributed by atoms with van der Waals surface area (Å²) in [7, 11) is 0. The van der Waals surface area contributed by atoms with Gasteiger partial charge in [-0.3, -0.25) is 9.20 Å². The highest BCUT2D eigenvalue weighted by atomic mass is 35.5. The number of pyridine rings is 1. The summed E-state index contributed by atoms with van der Waals surface area (Å²) in [5, 5.41) is 3.71. The van der Waals surface area contributed by atoms with Gasteiger partial charge < -0.3 is 5.32 Å². The molecule has 0 aliphatic heterocycles. The van der Waals surface area contributed by atoms with E-state index in [1.165, 1.54) is 0 Å². The molecule has 4 aromatic rings. The topological polar surface area (TPSA) is 46.4 Å². The molecule has 1 amide bonds. The smallest absolute Gasteiger partial charge is 0.270 e. The van der Waals surface area contributed by atoms with E-state index in [1.807, 2.05) is 67.6 Å². The molecule has 0 aliphatic carbocycles. The molecular formula is C22H18ClN3O. The molecule has 5 heteroatoms. The molecule has 0 spiro atoms. The van der Waals surface area contributed by atoms with Gasteiger partial charge in [0.2, 0.25) is 0 Å². The van der Waals surface area contributed by atoms with Gasteiger partial charge in [-0.05, 0) is 30.2 Å². The molecule has 0 aliphatic rings. The van der Waals surface area contributed by atoms with E-state index < -0.39 is 0 Å². The lowest BCUT2D eigenvalue weighted by Gasteiger charge is -2.20. The number of hydrogen-bond acceptors (Lipinski definition) is 2. The van der Waals surface area contributed by atoms with Crippen LogP contribution in [0.4, 0.5) is 0 Å². The summed E-state index contributed by atoms with van der Waals surface area (Å²) in [6.45, 7) is 1.83. The van der Waals surface area contributed by atoms with Gasteiger partial charge >= 0.3 is 0 Å². The third-order valence-corrected chi connectivity index (χ3v) is 4.74. The van der Waals surface area contributed by atoms with Crippen molar-refractivity contribution in [3.8, 4) is 0 Å². The van der Waals surface area contributed by atoms with E-state index in [0.29, 0.717) is 22.1 Å². The number of carbonyl (C=O) groups is 1. The molecule has 1 N–H and O–H groups in total. The predicted octanol–water partition coefficient (Wildman–Crippen LogP) is 4.82. The fourth-order valence-electron chi connectivity index (χ4n) is 3.26. The average Bonchev–Trinajstić information content (AvgIpc) is 3.02. The van der Waals surface area contributed by atoms with Gasteiger partial charge in [0.1, 0.15) is 11.3 Å². The van der Waals surface area contributed by atoms with Crippen molar-refractivity contribution in [3.63, 3.8) is 0 Å². The molecule has 0 atom stereocenters. The van der Waals surface area contributed by atoms with E-state index in [4.69, 9.17) is 11.6 Å². The second-order valence-electron chi connectivity index (χ2n) is 6.35. The number of halogens is 1. The summed E-state index contributed by atoms with van der Waals surface area (Å²) in [5.74, 6) is -0.194. The second-order valence-corrected chi connectivity index (χ2v) is 6.79. The molecule has 0 unspecified atom stereocenters. The van der Waals surface area contributed by atoms with Crippen molar-refractivity contribution in [1.29, 1.82) is 0 Å². The Bertz CT molecular complexity index is 1050. The first kappa shape index (κ1) is 17.3. The van der Waals surface area contributed by atoms with Gasteiger partial charge in [-0.1, -0.05) is 72.3 Å². The van der Waals surface area contributed by atoms with Crippen molar-refractivity contribution < 1.29 is 4.79 Å². The van der Waals surface area contributed by atoms with Crippen LogP contribution in [0.3, 0.4) is 0 Å². The van der Waals surface area contributed by atoms with Gasteiger partial charge in [0, 0.05) is 6.20 Å². The van der Waals surface area contributed by atoms with E-state index in [0.717, 1.165) is 11.1 Å². The minimum Gasteiger partial charge on any atom is -0.340 e. The van der Waals surface area contributed by atoms with Gasteiger partial charge in [-0.2, -0.15) is 0 Å². The summed E-state index contributed by atoms with van der Waals surface area (Å²) in [6, 6.07) is 23.1. The van der Waals surface area contributed by atoms with Crippen LogP contribution < -0.4 is 5.32 Å². The monoisotopic (exact) mass is 375 g/mol. The number of imidazole rings is 1. The molecule has 2 heterocycles. The number of amides is 1. The van der Waals surface area contributed by atoms with Gasteiger partial charge in [0.25, 0.3) is 5.91 Å². The molecule has 2 aromatic heterocycles. The summed E-state index contributed by atoms with van der Waals surface area (Å²) in [6.07, 6.45) is 1.71. The zero-order chi connectivity index (χ0) is 18.8. The van der Waals surface area contributed by atoms with E-state index in [-0.39, 0.29) is 11.9 Å². The van der Waals surface area contributed by atoms with E-state index in [1.54, 1.807) is 22.7 Å². The molecule has 2 aromatic carbocycles. The first-order valence-corrected chi connectivity index (χ1v) is 9.06. The Balaban J connectivity index is 1.75. The maximum Gasteiger partial charge on any atom is 0.270 e. The zero-order valence-corrected chi connectivity index (χ0v) is 15.5. The Morgan fingerprint density at radius 2 is 1.56 bits per heavy atom. The van der Waals surface area contributed by atoms with Crippen LogP contribution in [0.1, 0.15) is 33.4 Å². The number of fused-ring (bicyclic) bond motifs is 1. The maximum absolute atomic E-state index is 13.2. The molecule has 0 bridgehead atoms. The number of benzene rings is 2. The fourth-order valence-corrected chi connectivity index (χ4v) is 3.42. The summed E-state index contributed by atoms with van der Waals surface area (Å²) in [4.78, 5) is 17.7. The number of aromatic nitrogens is 2. The lowest BCUT2D eigenvalue weighted by molar-refractivity contribution is 0.0936. The van der Waals surface area contributed by atoms with E-state index >= 15 is 0 Å². The van der Waals surface area contributed by atoms with Gasteiger partial charge in [0.05, 0.1) is 16.8 Å². The largest absolute Gasteiger partial charge is 0.340 e. The minimum atomic E-state index is -0.260. The average molecular weight is 376 g/mol. The van der Waals surface area contributed by atoms with Gasteiger partial charge in [-0.15, -0.1) is 0 Å². The van der Waals surface area contributed by atoms with Crippen LogP contribution >= 0.6 is 11.6 Å². The minimum absolute atomic E-state index is 0.194. The van der Waals surface area contributed by atoms with Crippen LogP contribution in [-0.2, 0) is 0 Å². The Kier molecular flexibility index (Phi) is 4.65. The predicted molar refractivity (Wildman–Crippen MR) is 107 cm³/mol. The Hall–Kier alpha value is -3.11. The molecule has 0 radical (unpaired) electrons. The van der Waals surface area contributed by atoms with Crippen LogP contribution in [0.15, 0.2) is 79.0 Å². The zero-order valence-electron chi connectivity index (χ0n) is 14.8. The molecule has 0 saturated carbocycles. The lowest BCUT2D eigenvalue weighted by atomic mass is 9.98. The van der Waals surface area contributed by atoms with Gasteiger partial charge in [-0.25, -0.2) is 4.98 Å². The number of nitrogens with zero attached hydrogens (tertiary/aromatic N) is 2. The summed E-state index contributed by atoms with van der Waals surface area (Å²) in [5.41, 5.74) is 3.88. The first-order valence-electron chi connectivity index (χ1n) is 8.68. The van der Waals surface area contributed by atoms with Crippen LogP contribution in [0, 0.1) is 6.92 Å². The molecule has 4 rings (SSSR count). The van der Waals surface area contributed by atoms with Crippen LogP contribution in [0.2, 0.25) is 5.02 Å². The Morgan fingerprint density at radius 1 is 0.963 bits per heavy atom. The molecule has 0 saturated heterocycles. The number of hydrogen-bond donors (Lipinski definition) is 1. The Labute approximate surface area is 162 Å². The van der Waals surface area contributed by atoms with Crippen LogP contribution in [0.5, 0.6) is 0 Å². The number of aryl methyl sites for hydroxylation is 1. The second kappa shape index (κ2) is 7.25. The standard InChI is InChI=1S/C22H18ClN3O/c1-15-21(26-14-18(23)12-13-19(26)24-15)22(27)25-20(16-8-4-2-5-9-16)17-10-6-3-7-11-17/h2-14,20H,1H3,(H,25,27). The molecule has 27 heavy (non-hydrogen) atoms. The highest BCUT2D eigenvalue weighted by molar-refractivity contribution is 6.30. The number of carbonyl (C=O) groups excluding carboxylic acids is 1. The highest BCUT2D eigenvalue weighted by Gasteiger charge is 2.22.